The zero-order valence-electron chi connectivity index (χ0n) is 21.8. The fraction of sp³-hybridized carbons (Fsp3) is 0.400. The van der Waals surface area contributed by atoms with E-state index in [4.69, 9.17) is 4.74 Å². The molecule has 208 valence electrons. The minimum absolute atomic E-state index is 0.0256. The molecule has 3 atom stereocenters. The van der Waals surface area contributed by atoms with Crippen LogP contribution in [0.2, 0.25) is 0 Å². The van der Waals surface area contributed by atoms with Gasteiger partial charge >= 0.3 is 0 Å². The molecule has 0 unspecified atom stereocenters. The zero-order valence-corrected chi connectivity index (χ0v) is 22.7. The van der Waals surface area contributed by atoms with Gasteiger partial charge in [-0.1, -0.05) is 25.1 Å². The second-order valence-corrected chi connectivity index (χ2v) is 11.5. The van der Waals surface area contributed by atoms with E-state index in [1.165, 1.54) is 45.5 Å². The summed E-state index contributed by atoms with van der Waals surface area (Å²) in [6.07, 6.45) is 0.691. The summed E-state index contributed by atoms with van der Waals surface area (Å²) in [5, 5.41) is 23.2. The van der Waals surface area contributed by atoms with Crippen molar-refractivity contribution >= 4 is 27.5 Å². The van der Waals surface area contributed by atoms with Crippen LogP contribution < -0.4 is 10.1 Å². The number of aliphatic hydroxyl groups is 1. The topological polar surface area (TPSA) is 160 Å². The third-order valence-electron chi connectivity index (χ3n) is 6.53. The van der Waals surface area contributed by atoms with E-state index in [2.05, 4.69) is 20.8 Å². The van der Waals surface area contributed by atoms with Crippen molar-refractivity contribution in [2.45, 2.75) is 37.4 Å². The van der Waals surface area contributed by atoms with Gasteiger partial charge in [0.1, 0.15) is 24.7 Å². The first kappa shape index (κ1) is 28.1. The van der Waals surface area contributed by atoms with E-state index in [1.54, 1.807) is 37.3 Å². The molecule has 14 heteroatoms. The summed E-state index contributed by atoms with van der Waals surface area (Å²) in [6, 6.07) is 12.3. The predicted molar refractivity (Wildman–Crippen MR) is 140 cm³/mol. The number of rotatable bonds is 9. The van der Waals surface area contributed by atoms with Crippen molar-refractivity contribution in [2.24, 2.45) is 5.92 Å². The maximum absolute atomic E-state index is 13.6. The van der Waals surface area contributed by atoms with Gasteiger partial charge in [0.15, 0.2) is 0 Å². The van der Waals surface area contributed by atoms with Gasteiger partial charge in [0.2, 0.25) is 15.9 Å². The summed E-state index contributed by atoms with van der Waals surface area (Å²) in [4.78, 5) is 27.7. The molecule has 0 spiro atoms. The Balaban J connectivity index is 1.62. The van der Waals surface area contributed by atoms with Crippen molar-refractivity contribution in [3.63, 3.8) is 0 Å². The number of carbonyl (C=O) groups is 2. The molecular formula is C25H31N7O6S. The maximum atomic E-state index is 13.6. The van der Waals surface area contributed by atoms with E-state index in [0.29, 0.717) is 5.69 Å². The first-order valence-corrected chi connectivity index (χ1v) is 13.8. The van der Waals surface area contributed by atoms with Crippen LogP contribution >= 0.6 is 0 Å². The van der Waals surface area contributed by atoms with E-state index in [-0.39, 0.29) is 54.3 Å². The fourth-order valence-corrected chi connectivity index (χ4v) is 5.45. The molecule has 3 aromatic rings. The van der Waals surface area contributed by atoms with E-state index in [9.17, 15) is 23.1 Å². The lowest BCUT2D eigenvalue weighted by molar-refractivity contribution is -0.116. The minimum Gasteiger partial charge on any atom is -0.488 e. The molecular weight excluding hydrogens is 526 g/mol. The molecule has 13 nitrogen and oxygen atoms in total. The number of hydrogen-bond donors (Lipinski definition) is 2. The van der Waals surface area contributed by atoms with Crippen LogP contribution in [0.4, 0.5) is 5.69 Å². The summed E-state index contributed by atoms with van der Waals surface area (Å²) < 4.78 is 35.1. The van der Waals surface area contributed by atoms with Crippen LogP contribution in [-0.4, -0.2) is 93.6 Å². The number of likely N-dealkylation sites (N-methyl/N-ethyl adjacent to an activating group) is 1. The zero-order chi connectivity index (χ0) is 28.2. The summed E-state index contributed by atoms with van der Waals surface area (Å²) in [5.74, 6) is -0.809. The van der Waals surface area contributed by atoms with Crippen molar-refractivity contribution in [1.82, 2.24) is 29.4 Å². The van der Waals surface area contributed by atoms with E-state index >= 15 is 0 Å². The van der Waals surface area contributed by atoms with Crippen molar-refractivity contribution < 1.29 is 27.9 Å². The molecule has 0 aliphatic carbocycles. The SMILES string of the molecule is C[C@H](CO)N1C[C@H](C)[C@H](CN(C)S(=O)(=O)c2ccccc2)Oc2ccc(NC(=O)Cn3cnnn3)cc2C1=O. The number of aromatic nitrogens is 4. The minimum atomic E-state index is -3.78. The third-order valence-corrected chi connectivity index (χ3v) is 8.37. The Labute approximate surface area is 226 Å². The summed E-state index contributed by atoms with van der Waals surface area (Å²) in [7, 11) is -2.29. The second-order valence-electron chi connectivity index (χ2n) is 9.49. The van der Waals surface area contributed by atoms with Crippen molar-refractivity contribution in [3.8, 4) is 5.75 Å². The number of nitrogens with one attached hydrogen (secondary N) is 1. The van der Waals surface area contributed by atoms with Crippen LogP contribution in [0.15, 0.2) is 59.8 Å². The maximum Gasteiger partial charge on any atom is 0.258 e. The molecule has 0 radical (unpaired) electrons. The van der Waals surface area contributed by atoms with Crippen LogP contribution in [0, 0.1) is 5.92 Å². The van der Waals surface area contributed by atoms with Crippen LogP contribution in [-0.2, 0) is 21.4 Å². The Kier molecular flexibility index (Phi) is 8.57. The highest BCUT2D eigenvalue weighted by Crippen LogP contribution is 2.31. The Morgan fingerprint density at radius 2 is 2.00 bits per heavy atom. The lowest BCUT2D eigenvalue weighted by Gasteiger charge is -2.38. The molecule has 0 bridgehead atoms. The lowest BCUT2D eigenvalue weighted by Crippen LogP contribution is -2.50. The van der Waals surface area contributed by atoms with Gasteiger partial charge in [-0.2, -0.15) is 4.31 Å². The van der Waals surface area contributed by atoms with Gasteiger partial charge < -0.3 is 20.1 Å². The van der Waals surface area contributed by atoms with Crippen molar-refractivity contribution in [3.05, 3.63) is 60.4 Å². The Bertz CT molecular complexity index is 1400. The van der Waals surface area contributed by atoms with E-state index in [1.807, 2.05) is 6.92 Å². The van der Waals surface area contributed by atoms with E-state index < -0.39 is 28.1 Å². The molecule has 0 saturated heterocycles. The first-order chi connectivity index (χ1) is 18.6. The van der Waals surface area contributed by atoms with Gasteiger partial charge in [-0.3, -0.25) is 9.59 Å². The molecule has 0 saturated carbocycles. The number of amides is 2. The molecule has 2 amide bonds. The number of sulfonamides is 1. The summed E-state index contributed by atoms with van der Waals surface area (Å²) in [5.41, 5.74) is 0.537. The van der Waals surface area contributed by atoms with Crippen LogP contribution in [0.5, 0.6) is 5.75 Å². The monoisotopic (exact) mass is 557 g/mol. The highest BCUT2D eigenvalue weighted by atomic mass is 32.2. The number of benzene rings is 2. The van der Waals surface area contributed by atoms with Crippen molar-refractivity contribution in [2.75, 3.05) is 32.1 Å². The Morgan fingerprint density at radius 3 is 2.67 bits per heavy atom. The number of anilines is 1. The Hall–Kier alpha value is -3.88. The van der Waals surface area contributed by atoms with Crippen molar-refractivity contribution in [1.29, 1.82) is 0 Å². The molecule has 2 N–H and O–H groups in total. The largest absolute Gasteiger partial charge is 0.488 e. The van der Waals surface area contributed by atoms with E-state index in [0.717, 1.165) is 0 Å². The average Bonchev–Trinajstić information content (AvgIpc) is 3.43. The number of carbonyl (C=O) groups excluding carboxylic acids is 2. The molecule has 2 aromatic carbocycles. The summed E-state index contributed by atoms with van der Waals surface area (Å²) >= 11 is 0. The highest BCUT2D eigenvalue weighted by molar-refractivity contribution is 7.89. The number of aliphatic hydroxyl groups excluding tert-OH is 1. The normalized spacial score (nSPS) is 18.6. The third kappa shape index (κ3) is 6.41. The number of fused-ring (bicyclic) bond motifs is 1. The molecule has 2 heterocycles. The molecule has 4 rings (SSSR count). The van der Waals surface area contributed by atoms with Gasteiger partial charge in [-0.15, -0.1) is 5.10 Å². The molecule has 1 aliphatic rings. The second kappa shape index (κ2) is 11.9. The average molecular weight is 558 g/mol. The Morgan fingerprint density at radius 1 is 1.26 bits per heavy atom. The number of nitrogens with zero attached hydrogens (tertiary/aromatic N) is 6. The van der Waals surface area contributed by atoms with Gasteiger partial charge in [-0.25, -0.2) is 13.1 Å². The summed E-state index contributed by atoms with van der Waals surface area (Å²) in [6.45, 7) is 3.47. The van der Waals surface area contributed by atoms with Gasteiger partial charge in [0.25, 0.3) is 5.91 Å². The molecule has 1 aromatic heterocycles. The van der Waals surface area contributed by atoms with Gasteiger partial charge in [-0.05, 0) is 47.7 Å². The van der Waals surface area contributed by atoms with Crippen LogP contribution in [0.1, 0.15) is 24.2 Å². The van der Waals surface area contributed by atoms with Gasteiger partial charge in [0, 0.05) is 25.2 Å². The smallest absolute Gasteiger partial charge is 0.258 e. The van der Waals surface area contributed by atoms with Crippen LogP contribution in [0.25, 0.3) is 0 Å². The predicted octanol–water partition coefficient (Wildman–Crippen LogP) is 0.853. The number of hydrogen-bond acceptors (Lipinski definition) is 9. The fourth-order valence-electron chi connectivity index (χ4n) is 4.24. The molecule has 39 heavy (non-hydrogen) atoms. The highest BCUT2D eigenvalue weighted by Gasteiger charge is 2.35. The first-order valence-electron chi connectivity index (χ1n) is 12.3. The standard InChI is InChI=1S/C25H31N7O6S/c1-17-12-32(18(2)15-33)25(35)21-11-19(27-24(34)14-31-16-26-28-29-31)9-10-22(21)38-23(17)13-30(3)39(36,37)20-7-5-4-6-8-20/h4-11,16-18,23,33H,12-15H2,1-3H3,(H,27,34)/t17-,18+,23-/m0/s1. The number of tetrazole rings is 1. The quantitative estimate of drug-likeness (QED) is 0.389. The van der Waals surface area contributed by atoms with Crippen LogP contribution in [0.3, 0.4) is 0 Å². The molecule has 1 aliphatic heterocycles. The molecule has 0 fully saturated rings. The van der Waals surface area contributed by atoms with Gasteiger partial charge in [0.05, 0.1) is 29.7 Å². The number of ether oxygens (including phenoxy) is 1. The lowest BCUT2D eigenvalue weighted by atomic mass is 9.99.